The number of nitrogens with one attached hydrogen (secondary N) is 1. The molecule has 1 aliphatic rings. The van der Waals surface area contributed by atoms with E-state index < -0.39 is 17.8 Å². The molecule has 1 aliphatic heterocycles. The molecule has 5 rings (SSSR count). The number of aryl methyl sites for hydroxylation is 1. The molecule has 1 N–H and O–H groups in total. The number of halogens is 2. The summed E-state index contributed by atoms with van der Waals surface area (Å²) in [5.74, 6) is -0.890. The first-order valence-corrected chi connectivity index (χ1v) is 12.6. The van der Waals surface area contributed by atoms with E-state index in [4.69, 9.17) is 16.3 Å². The highest BCUT2D eigenvalue weighted by Crippen LogP contribution is 2.30. The number of hydrogen-bond acceptors (Lipinski definition) is 4. The summed E-state index contributed by atoms with van der Waals surface area (Å²) in [6.45, 7) is 2.18. The summed E-state index contributed by atoms with van der Waals surface area (Å²) in [4.78, 5) is 39.0. The number of anilines is 1. The molecule has 0 atom stereocenters. The monoisotopic (exact) mass is 574 g/mol. The van der Waals surface area contributed by atoms with E-state index in [-0.39, 0.29) is 11.3 Å². The van der Waals surface area contributed by atoms with Crippen LogP contribution in [0.1, 0.15) is 16.7 Å². The molecule has 1 saturated heterocycles. The van der Waals surface area contributed by atoms with Crippen molar-refractivity contribution in [3.8, 4) is 5.75 Å². The maximum atomic E-state index is 13.2. The lowest BCUT2D eigenvalue weighted by atomic mass is 10.1. The molecular formula is C29H20BrClN2O4. The molecule has 0 aromatic heterocycles. The SMILES string of the molecule is Cc1ccc(N2C(=O)NC(=O)/C(=C/c3ccc(OCc4cccc5ccccc45)c(Br)c3)C2=O)cc1Cl. The van der Waals surface area contributed by atoms with E-state index in [0.29, 0.717) is 27.4 Å². The van der Waals surface area contributed by atoms with Crippen molar-refractivity contribution in [3.63, 3.8) is 0 Å². The maximum Gasteiger partial charge on any atom is 0.335 e. The molecule has 8 heteroatoms. The highest BCUT2D eigenvalue weighted by atomic mass is 79.9. The normalized spacial score (nSPS) is 14.8. The fraction of sp³-hybridized carbons (Fsp3) is 0.0690. The van der Waals surface area contributed by atoms with Crippen molar-refractivity contribution in [2.45, 2.75) is 13.5 Å². The number of hydrogen-bond donors (Lipinski definition) is 1. The Kier molecular flexibility index (Phi) is 6.82. The van der Waals surface area contributed by atoms with Crippen molar-refractivity contribution in [1.82, 2.24) is 5.32 Å². The first-order valence-electron chi connectivity index (χ1n) is 11.4. The minimum absolute atomic E-state index is 0.173. The summed E-state index contributed by atoms with van der Waals surface area (Å²) >= 11 is 9.70. The summed E-state index contributed by atoms with van der Waals surface area (Å²) in [5, 5.41) is 4.89. The number of carbonyl (C=O) groups is 3. The summed E-state index contributed by atoms with van der Waals surface area (Å²) in [6.07, 6.45) is 1.44. The van der Waals surface area contributed by atoms with E-state index in [1.807, 2.05) is 31.2 Å². The third-order valence-corrected chi connectivity index (χ3v) is 7.07. The Hall–Kier alpha value is -3.94. The van der Waals surface area contributed by atoms with E-state index in [9.17, 15) is 14.4 Å². The van der Waals surface area contributed by atoms with Crippen LogP contribution in [0.15, 0.2) is 88.9 Å². The van der Waals surface area contributed by atoms with Gasteiger partial charge in [-0.1, -0.05) is 66.2 Å². The molecular weight excluding hydrogens is 556 g/mol. The van der Waals surface area contributed by atoms with Crippen LogP contribution in [0.2, 0.25) is 5.02 Å². The van der Waals surface area contributed by atoms with Crippen molar-refractivity contribution in [2.24, 2.45) is 0 Å². The number of imide groups is 2. The van der Waals surface area contributed by atoms with Crippen LogP contribution in [0, 0.1) is 6.92 Å². The lowest BCUT2D eigenvalue weighted by Crippen LogP contribution is -2.54. The van der Waals surface area contributed by atoms with Gasteiger partial charge in [-0.15, -0.1) is 0 Å². The number of benzene rings is 4. The molecule has 0 radical (unpaired) electrons. The Morgan fingerprint density at radius 2 is 1.76 bits per heavy atom. The zero-order valence-electron chi connectivity index (χ0n) is 19.6. The van der Waals surface area contributed by atoms with Gasteiger partial charge >= 0.3 is 6.03 Å². The zero-order valence-corrected chi connectivity index (χ0v) is 22.0. The average molecular weight is 576 g/mol. The largest absolute Gasteiger partial charge is 0.488 e. The molecule has 0 spiro atoms. The van der Waals surface area contributed by atoms with Crippen LogP contribution in [-0.2, 0) is 16.2 Å². The van der Waals surface area contributed by atoms with E-state index in [1.54, 1.807) is 30.3 Å². The molecule has 4 aromatic rings. The third kappa shape index (κ3) is 5.01. The van der Waals surface area contributed by atoms with Crippen LogP contribution >= 0.6 is 27.5 Å². The number of amides is 4. The zero-order chi connectivity index (χ0) is 26.1. The minimum atomic E-state index is -0.828. The standard InChI is InChI=1S/C29H20BrClN2O4/c1-17-9-11-21(15-25(17)31)33-28(35)23(27(34)32-29(33)36)13-18-10-12-26(24(30)14-18)37-16-20-7-4-6-19-5-2-3-8-22(19)20/h2-15H,16H2,1H3,(H,32,34,36)/b23-13-. The fourth-order valence-electron chi connectivity index (χ4n) is 4.08. The van der Waals surface area contributed by atoms with Gasteiger partial charge in [0.2, 0.25) is 0 Å². The summed E-state index contributed by atoms with van der Waals surface area (Å²) in [5.41, 5.74) is 2.54. The van der Waals surface area contributed by atoms with Gasteiger partial charge < -0.3 is 4.74 Å². The van der Waals surface area contributed by atoms with Gasteiger partial charge in [0.1, 0.15) is 17.9 Å². The predicted octanol–water partition coefficient (Wildman–Crippen LogP) is 6.81. The molecule has 4 amide bonds. The van der Waals surface area contributed by atoms with E-state index in [0.717, 1.165) is 26.8 Å². The predicted molar refractivity (Wildman–Crippen MR) is 148 cm³/mol. The van der Waals surface area contributed by atoms with Gasteiger partial charge in [-0.3, -0.25) is 14.9 Å². The molecule has 37 heavy (non-hydrogen) atoms. The smallest absolute Gasteiger partial charge is 0.335 e. The molecule has 1 fully saturated rings. The van der Waals surface area contributed by atoms with Crippen LogP contribution in [-0.4, -0.2) is 17.8 Å². The summed E-state index contributed by atoms with van der Waals surface area (Å²) < 4.78 is 6.71. The lowest BCUT2D eigenvalue weighted by molar-refractivity contribution is -0.122. The molecule has 1 heterocycles. The number of carbonyl (C=O) groups excluding carboxylic acids is 3. The summed E-state index contributed by atoms with van der Waals surface area (Å²) in [6, 6.07) is 23.4. The number of fused-ring (bicyclic) bond motifs is 1. The van der Waals surface area contributed by atoms with Gasteiger partial charge in [0.05, 0.1) is 10.2 Å². The highest BCUT2D eigenvalue weighted by Gasteiger charge is 2.37. The topological polar surface area (TPSA) is 75.7 Å². The Morgan fingerprint density at radius 3 is 2.54 bits per heavy atom. The van der Waals surface area contributed by atoms with E-state index in [1.165, 1.54) is 12.1 Å². The van der Waals surface area contributed by atoms with Crippen LogP contribution in [0.5, 0.6) is 5.75 Å². The molecule has 0 aliphatic carbocycles. The Morgan fingerprint density at radius 1 is 0.973 bits per heavy atom. The van der Waals surface area contributed by atoms with Crippen LogP contribution in [0.25, 0.3) is 16.8 Å². The van der Waals surface area contributed by atoms with Crippen molar-refractivity contribution in [1.29, 1.82) is 0 Å². The molecule has 6 nitrogen and oxygen atoms in total. The number of barbiturate groups is 1. The van der Waals surface area contributed by atoms with Crippen molar-refractivity contribution in [3.05, 3.63) is 111 Å². The average Bonchev–Trinajstić information content (AvgIpc) is 2.88. The Labute approximate surface area is 226 Å². The van der Waals surface area contributed by atoms with Gasteiger partial charge in [0.15, 0.2) is 0 Å². The number of urea groups is 1. The van der Waals surface area contributed by atoms with Crippen LogP contribution in [0.4, 0.5) is 10.5 Å². The first kappa shape index (κ1) is 24.7. The van der Waals surface area contributed by atoms with Gasteiger partial charge in [-0.25, -0.2) is 9.69 Å². The van der Waals surface area contributed by atoms with Crippen molar-refractivity contribution >= 4 is 67.9 Å². The second-order valence-corrected chi connectivity index (χ2v) is 9.77. The second kappa shape index (κ2) is 10.2. The number of rotatable bonds is 5. The van der Waals surface area contributed by atoms with Gasteiger partial charge in [0, 0.05) is 5.02 Å². The third-order valence-electron chi connectivity index (χ3n) is 6.05. The van der Waals surface area contributed by atoms with Gasteiger partial charge in [0.25, 0.3) is 11.8 Å². The molecule has 0 saturated carbocycles. The van der Waals surface area contributed by atoms with Gasteiger partial charge in [-0.2, -0.15) is 0 Å². The molecule has 4 aromatic carbocycles. The van der Waals surface area contributed by atoms with E-state index >= 15 is 0 Å². The fourth-order valence-corrected chi connectivity index (χ4v) is 4.76. The molecule has 0 unspecified atom stereocenters. The number of ether oxygens (including phenoxy) is 1. The molecule has 0 bridgehead atoms. The van der Waals surface area contributed by atoms with E-state index in [2.05, 4.69) is 39.4 Å². The minimum Gasteiger partial charge on any atom is -0.488 e. The Balaban J connectivity index is 1.38. The van der Waals surface area contributed by atoms with Crippen LogP contribution < -0.4 is 15.0 Å². The van der Waals surface area contributed by atoms with Crippen molar-refractivity contribution < 1.29 is 19.1 Å². The lowest BCUT2D eigenvalue weighted by Gasteiger charge is -2.26. The van der Waals surface area contributed by atoms with Crippen molar-refractivity contribution in [2.75, 3.05) is 4.90 Å². The second-order valence-electron chi connectivity index (χ2n) is 8.51. The summed E-state index contributed by atoms with van der Waals surface area (Å²) in [7, 11) is 0. The highest BCUT2D eigenvalue weighted by molar-refractivity contribution is 9.10. The first-order chi connectivity index (χ1) is 17.8. The number of nitrogens with zero attached hydrogens (tertiary/aromatic N) is 1. The van der Waals surface area contributed by atoms with Gasteiger partial charge in [-0.05, 0) is 80.7 Å². The maximum absolute atomic E-state index is 13.2. The quantitative estimate of drug-likeness (QED) is 0.210. The molecule has 184 valence electrons. The Bertz CT molecular complexity index is 1610. The van der Waals surface area contributed by atoms with Crippen LogP contribution in [0.3, 0.4) is 0 Å².